The molecule has 2 aliphatic heterocycles. The number of anilines is 1. The quantitative estimate of drug-likeness (QED) is 0.229. The first-order valence-corrected chi connectivity index (χ1v) is 16.5. The molecule has 13 heteroatoms. The van der Waals surface area contributed by atoms with E-state index in [4.69, 9.17) is 31.2 Å². The monoisotopic (exact) mass is 670 g/mol. The first-order valence-electron chi connectivity index (χ1n) is 16.1. The standard InChI is InChI=1S/C35H39ClN8O4/c1-20(2)11-26-24(13-37)32(22-7-8-28-29(12-22)47-19-31(45)43(28)18-30-38-14-23(36)15-39-30)25-16-40-44(33(25)41-26)27-9-10-42(17-21(27)3)34(46)48-35(4,5)6/h7-8,12,14-16,20-21,27H,9-11,17-19H2,1-6H3. The third kappa shape index (κ3) is 6.65. The Kier molecular flexibility index (Phi) is 9.00. The lowest BCUT2D eigenvalue weighted by atomic mass is 9.92. The SMILES string of the molecule is CC(C)Cc1nc2c(cnn2C2CCN(C(=O)OC(C)(C)C)CC2C)c(-c2ccc3c(c2)OCC(=O)N3Cc2ncc(Cl)cn2)c1C#N. The number of nitrogens with zero attached hydrogens (tertiary/aromatic N) is 8. The van der Waals surface area contributed by atoms with Crippen LogP contribution in [0, 0.1) is 23.2 Å². The van der Waals surface area contributed by atoms with E-state index in [0.717, 1.165) is 16.5 Å². The second-order valence-electron chi connectivity index (χ2n) is 13.9. The van der Waals surface area contributed by atoms with Gasteiger partial charge in [-0.25, -0.2) is 24.4 Å². The average molecular weight is 671 g/mol. The van der Waals surface area contributed by atoms with Gasteiger partial charge in [0.2, 0.25) is 0 Å². The van der Waals surface area contributed by atoms with Gasteiger partial charge in [-0.05, 0) is 63.1 Å². The maximum Gasteiger partial charge on any atom is 0.410 e. The van der Waals surface area contributed by atoms with Crippen LogP contribution < -0.4 is 9.64 Å². The Labute approximate surface area is 284 Å². The summed E-state index contributed by atoms with van der Waals surface area (Å²) in [4.78, 5) is 42.7. The smallest absolute Gasteiger partial charge is 0.410 e. The van der Waals surface area contributed by atoms with Gasteiger partial charge >= 0.3 is 6.09 Å². The normalized spacial score (nSPS) is 18.1. The summed E-state index contributed by atoms with van der Waals surface area (Å²) in [6, 6.07) is 8.01. The van der Waals surface area contributed by atoms with Crippen molar-refractivity contribution in [2.24, 2.45) is 11.8 Å². The molecule has 0 saturated carbocycles. The third-order valence-corrected chi connectivity index (χ3v) is 8.72. The van der Waals surface area contributed by atoms with Gasteiger partial charge in [0.15, 0.2) is 12.3 Å². The molecule has 4 aromatic rings. The van der Waals surface area contributed by atoms with Crippen LogP contribution in [0.4, 0.5) is 10.5 Å². The van der Waals surface area contributed by atoms with E-state index in [9.17, 15) is 14.9 Å². The molecule has 0 aliphatic carbocycles. The van der Waals surface area contributed by atoms with Crippen LogP contribution >= 0.6 is 11.6 Å². The Morgan fingerprint density at radius 1 is 1.21 bits per heavy atom. The molecule has 2 aliphatic rings. The van der Waals surface area contributed by atoms with Crippen LogP contribution in [0.3, 0.4) is 0 Å². The summed E-state index contributed by atoms with van der Waals surface area (Å²) in [6.07, 6.45) is 5.75. The summed E-state index contributed by atoms with van der Waals surface area (Å²) in [5.41, 5.74) is 3.37. The molecule has 0 bridgehead atoms. The summed E-state index contributed by atoms with van der Waals surface area (Å²) >= 11 is 5.96. The predicted octanol–water partition coefficient (Wildman–Crippen LogP) is 6.36. The van der Waals surface area contributed by atoms with Crippen molar-refractivity contribution in [3.8, 4) is 22.9 Å². The first-order chi connectivity index (χ1) is 22.8. The van der Waals surface area contributed by atoms with Crippen molar-refractivity contribution in [1.82, 2.24) is 29.6 Å². The van der Waals surface area contributed by atoms with E-state index in [2.05, 4.69) is 36.8 Å². The van der Waals surface area contributed by atoms with E-state index in [-0.39, 0.29) is 43.0 Å². The Bertz CT molecular complexity index is 1910. The number of benzene rings is 1. The highest BCUT2D eigenvalue weighted by molar-refractivity contribution is 6.30. The van der Waals surface area contributed by atoms with Gasteiger partial charge in [0.05, 0.1) is 40.8 Å². The Morgan fingerprint density at radius 3 is 2.62 bits per heavy atom. The minimum Gasteiger partial charge on any atom is -0.482 e. The Hall–Kier alpha value is -4.76. The fourth-order valence-corrected chi connectivity index (χ4v) is 6.49. The van der Waals surface area contributed by atoms with Crippen molar-refractivity contribution in [2.75, 3.05) is 24.6 Å². The highest BCUT2D eigenvalue weighted by Crippen LogP contribution is 2.41. The highest BCUT2D eigenvalue weighted by Gasteiger charge is 2.34. The maximum absolute atomic E-state index is 12.9. The van der Waals surface area contributed by atoms with Crippen LogP contribution in [0.15, 0.2) is 36.8 Å². The first kappa shape index (κ1) is 33.2. The number of ether oxygens (including phenoxy) is 2. The lowest BCUT2D eigenvalue weighted by molar-refractivity contribution is -0.121. The second kappa shape index (κ2) is 13.0. The topological polar surface area (TPSA) is 139 Å². The predicted molar refractivity (Wildman–Crippen MR) is 181 cm³/mol. The van der Waals surface area contributed by atoms with E-state index >= 15 is 0 Å². The molecule has 1 saturated heterocycles. The molecule has 48 heavy (non-hydrogen) atoms. The zero-order valence-electron chi connectivity index (χ0n) is 28.0. The number of piperidine rings is 1. The summed E-state index contributed by atoms with van der Waals surface area (Å²) < 4.78 is 13.5. The molecule has 3 aromatic heterocycles. The lowest BCUT2D eigenvalue weighted by Crippen LogP contribution is -2.45. The third-order valence-electron chi connectivity index (χ3n) is 8.52. The van der Waals surface area contributed by atoms with Gasteiger partial charge in [0, 0.05) is 36.4 Å². The molecular formula is C35H39ClN8O4. The number of hydrogen-bond donors (Lipinski definition) is 0. The van der Waals surface area contributed by atoms with Gasteiger partial charge < -0.3 is 14.4 Å². The van der Waals surface area contributed by atoms with Crippen LogP contribution in [-0.4, -0.2) is 66.9 Å². The van der Waals surface area contributed by atoms with E-state index < -0.39 is 5.60 Å². The number of likely N-dealkylation sites (tertiary alicyclic amines) is 1. The molecule has 6 rings (SSSR count). The molecule has 0 spiro atoms. The number of carbonyl (C=O) groups is 2. The van der Waals surface area contributed by atoms with Crippen molar-refractivity contribution in [3.63, 3.8) is 0 Å². The Balaban J connectivity index is 1.39. The van der Waals surface area contributed by atoms with Gasteiger partial charge in [-0.15, -0.1) is 0 Å². The number of carbonyl (C=O) groups excluding carboxylic acids is 2. The van der Waals surface area contributed by atoms with Crippen molar-refractivity contribution >= 4 is 40.3 Å². The summed E-state index contributed by atoms with van der Waals surface area (Å²) in [6.45, 7) is 13.0. The second-order valence-corrected chi connectivity index (χ2v) is 14.3. The zero-order chi connectivity index (χ0) is 34.3. The van der Waals surface area contributed by atoms with Crippen LogP contribution in [0.25, 0.3) is 22.2 Å². The fourth-order valence-electron chi connectivity index (χ4n) is 6.39. The lowest BCUT2D eigenvalue weighted by Gasteiger charge is -2.37. The van der Waals surface area contributed by atoms with Gasteiger partial charge in [0.25, 0.3) is 5.91 Å². The Morgan fingerprint density at radius 2 is 1.96 bits per heavy atom. The number of halogens is 1. The molecule has 5 heterocycles. The largest absolute Gasteiger partial charge is 0.482 e. The molecule has 0 N–H and O–H groups in total. The molecule has 250 valence electrons. The van der Waals surface area contributed by atoms with Crippen molar-refractivity contribution in [3.05, 3.63) is 58.9 Å². The number of amides is 2. The molecule has 1 fully saturated rings. The van der Waals surface area contributed by atoms with E-state index in [1.165, 1.54) is 12.4 Å². The molecular weight excluding hydrogens is 632 g/mol. The maximum atomic E-state index is 12.9. The summed E-state index contributed by atoms with van der Waals surface area (Å²) in [7, 11) is 0. The van der Waals surface area contributed by atoms with E-state index in [1.807, 2.05) is 43.7 Å². The summed E-state index contributed by atoms with van der Waals surface area (Å²) in [5, 5.41) is 16.5. The molecule has 2 atom stereocenters. The number of fused-ring (bicyclic) bond motifs is 2. The number of nitriles is 1. The van der Waals surface area contributed by atoms with Crippen molar-refractivity contribution in [2.45, 2.75) is 72.6 Å². The van der Waals surface area contributed by atoms with Crippen LogP contribution in [0.5, 0.6) is 5.75 Å². The number of aromatic nitrogens is 5. The zero-order valence-corrected chi connectivity index (χ0v) is 28.8. The number of rotatable bonds is 6. The molecule has 1 aromatic carbocycles. The van der Waals surface area contributed by atoms with Crippen LogP contribution in [-0.2, 0) is 22.5 Å². The van der Waals surface area contributed by atoms with Crippen molar-refractivity contribution < 1.29 is 19.1 Å². The van der Waals surface area contributed by atoms with Crippen LogP contribution in [0.1, 0.15) is 71.1 Å². The fraction of sp³-hybridized carbons (Fsp3) is 0.457. The molecule has 0 radical (unpaired) electrons. The van der Waals surface area contributed by atoms with E-state index in [0.29, 0.717) is 65.1 Å². The van der Waals surface area contributed by atoms with Crippen LogP contribution in [0.2, 0.25) is 5.02 Å². The highest BCUT2D eigenvalue weighted by atomic mass is 35.5. The molecule has 2 amide bonds. The number of hydrogen-bond acceptors (Lipinski definition) is 9. The minimum absolute atomic E-state index is 0.0112. The van der Waals surface area contributed by atoms with Crippen molar-refractivity contribution in [1.29, 1.82) is 5.26 Å². The van der Waals surface area contributed by atoms with Gasteiger partial charge in [0.1, 0.15) is 23.2 Å². The summed E-state index contributed by atoms with van der Waals surface area (Å²) in [5.74, 6) is 1.07. The molecule has 12 nitrogen and oxygen atoms in total. The van der Waals surface area contributed by atoms with E-state index in [1.54, 1.807) is 16.0 Å². The number of pyridine rings is 1. The minimum atomic E-state index is -0.568. The average Bonchev–Trinajstić information content (AvgIpc) is 3.44. The molecule has 2 unspecified atom stereocenters. The van der Waals surface area contributed by atoms with Gasteiger partial charge in [-0.3, -0.25) is 9.69 Å². The van der Waals surface area contributed by atoms with Gasteiger partial charge in [-0.2, -0.15) is 10.4 Å². The van der Waals surface area contributed by atoms with Gasteiger partial charge in [-0.1, -0.05) is 38.4 Å².